The molecule has 6 rings (SSSR count). The number of hydrogen-bond acceptors (Lipinski definition) is 7. The van der Waals surface area contributed by atoms with E-state index in [0.717, 1.165) is 31.4 Å². The van der Waals surface area contributed by atoms with Crippen molar-refractivity contribution >= 4 is 34.5 Å². The van der Waals surface area contributed by atoms with Crippen LogP contribution < -0.4 is 16.4 Å². The molecule has 0 unspecified atom stereocenters. The predicted molar refractivity (Wildman–Crippen MR) is 119 cm³/mol. The molecule has 4 N–H and O–H groups in total. The van der Waals surface area contributed by atoms with Gasteiger partial charge in [0.05, 0.1) is 22.8 Å². The molecule has 3 heterocycles. The zero-order chi connectivity index (χ0) is 22.7. The van der Waals surface area contributed by atoms with Crippen molar-refractivity contribution in [2.24, 2.45) is 0 Å². The van der Waals surface area contributed by atoms with Crippen LogP contribution in [0.3, 0.4) is 0 Å². The number of anilines is 3. The number of amides is 2. The Morgan fingerprint density at radius 3 is 2.79 bits per heavy atom. The molecule has 168 valence electrons. The molecule has 10 nitrogen and oxygen atoms in total. The van der Waals surface area contributed by atoms with Crippen molar-refractivity contribution in [1.82, 2.24) is 24.9 Å². The molecule has 0 atom stereocenters. The summed E-state index contributed by atoms with van der Waals surface area (Å²) in [6, 6.07) is 5.78. The van der Waals surface area contributed by atoms with E-state index in [-0.39, 0.29) is 28.8 Å². The van der Waals surface area contributed by atoms with E-state index in [2.05, 4.69) is 37.8 Å². The van der Waals surface area contributed by atoms with E-state index >= 15 is 0 Å². The second-order valence-electron chi connectivity index (χ2n) is 8.89. The molecule has 0 saturated heterocycles. The normalized spacial score (nSPS) is 16.7. The maximum atomic E-state index is 14.9. The van der Waals surface area contributed by atoms with Crippen LogP contribution in [-0.4, -0.2) is 30.9 Å². The molecular formula is C22H21FN8O2. The monoisotopic (exact) mass is 448 g/mol. The fourth-order valence-electron chi connectivity index (χ4n) is 3.86. The molecule has 11 heteroatoms. The number of nitrogens with two attached hydrogens (primary N) is 1. The summed E-state index contributed by atoms with van der Waals surface area (Å²) in [5, 5.41) is 14.3. The lowest BCUT2D eigenvalue weighted by Gasteiger charge is -2.08. The molecule has 0 aliphatic heterocycles. The van der Waals surface area contributed by atoms with E-state index in [1.807, 2.05) is 4.68 Å². The predicted octanol–water partition coefficient (Wildman–Crippen LogP) is 4.23. The van der Waals surface area contributed by atoms with Gasteiger partial charge in [-0.1, -0.05) is 18.1 Å². The molecular weight excluding hydrogens is 427 g/mol. The third-order valence-corrected chi connectivity index (χ3v) is 6.27. The van der Waals surface area contributed by atoms with Gasteiger partial charge < -0.3 is 15.6 Å². The number of nitrogens with one attached hydrogen (secondary N) is 2. The standard InChI is InChI=1S/C22H21FN8O2/c1-22(6-7-22)15-9-16(33-30-15)28-21(32)27-14-5-2-11(8-13(14)23)18-17-19(24)25-10-26-20(17)31(29-18)12-3-4-12/h2,5,8-10,12H,3-4,6-7H2,1H3,(H2,24,25,26)(H2,27,28,32). The zero-order valence-electron chi connectivity index (χ0n) is 17.8. The van der Waals surface area contributed by atoms with Gasteiger partial charge in [-0.3, -0.25) is 5.32 Å². The van der Waals surface area contributed by atoms with Gasteiger partial charge in [-0.05, 0) is 37.8 Å². The van der Waals surface area contributed by atoms with Crippen LogP contribution in [0.1, 0.15) is 44.3 Å². The van der Waals surface area contributed by atoms with Gasteiger partial charge in [0, 0.05) is 17.0 Å². The van der Waals surface area contributed by atoms with E-state index in [9.17, 15) is 9.18 Å². The summed E-state index contributed by atoms with van der Waals surface area (Å²) in [5.74, 6) is -0.119. The Kier molecular flexibility index (Phi) is 4.16. The van der Waals surface area contributed by atoms with Crippen molar-refractivity contribution in [3.8, 4) is 11.3 Å². The first-order chi connectivity index (χ1) is 15.9. The van der Waals surface area contributed by atoms with Crippen molar-refractivity contribution < 1.29 is 13.7 Å². The summed E-state index contributed by atoms with van der Waals surface area (Å²) < 4.78 is 21.9. The van der Waals surface area contributed by atoms with Crippen molar-refractivity contribution in [3.05, 3.63) is 42.1 Å². The highest BCUT2D eigenvalue weighted by molar-refractivity contribution is 6.00. The van der Waals surface area contributed by atoms with Gasteiger partial charge in [0.15, 0.2) is 5.65 Å². The lowest BCUT2D eigenvalue weighted by Crippen LogP contribution is -2.19. The molecule has 2 saturated carbocycles. The topological polar surface area (TPSA) is 137 Å². The quantitative estimate of drug-likeness (QED) is 0.415. The van der Waals surface area contributed by atoms with Crippen LogP contribution in [0.25, 0.3) is 22.3 Å². The molecule has 0 radical (unpaired) electrons. The molecule has 2 fully saturated rings. The van der Waals surface area contributed by atoms with Crippen molar-refractivity contribution in [3.63, 3.8) is 0 Å². The number of urea groups is 1. The Labute approximate surface area is 187 Å². The third kappa shape index (κ3) is 3.45. The SMILES string of the molecule is CC1(c2cc(NC(=O)Nc3ccc(-c4nn(C5CC5)c5ncnc(N)c45)cc3F)on2)CC1. The number of nitrogen functional groups attached to an aromatic ring is 1. The number of benzene rings is 1. The molecule has 0 bridgehead atoms. The minimum Gasteiger partial charge on any atom is -0.383 e. The summed E-state index contributed by atoms with van der Waals surface area (Å²) in [6.07, 6.45) is 5.50. The highest BCUT2D eigenvalue weighted by Gasteiger charge is 2.42. The smallest absolute Gasteiger partial charge is 0.326 e. The largest absolute Gasteiger partial charge is 0.383 e. The highest BCUT2D eigenvalue weighted by Crippen LogP contribution is 2.47. The van der Waals surface area contributed by atoms with Crippen molar-refractivity contribution in [2.45, 2.75) is 44.1 Å². The number of carbonyl (C=O) groups excluding carboxylic acids is 1. The Morgan fingerprint density at radius 1 is 1.24 bits per heavy atom. The van der Waals surface area contributed by atoms with Crippen LogP contribution in [0.4, 0.5) is 26.6 Å². The Bertz CT molecular complexity index is 1400. The summed E-state index contributed by atoms with van der Waals surface area (Å²) in [5.41, 5.74) is 8.58. The van der Waals surface area contributed by atoms with Gasteiger partial charge in [-0.2, -0.15) is 5.10 Å². The summed E-state index contributed by atoms with van der Waals surface area (Å²) >= 11 is 0. The fourth-order valence-corrected chi connectivity index (χ4v) is 3.86. The first-order valence-electron chi connectivity index (χ1n) is 10.8. The van der Waals surface area contributed by atoms with Crippen molar-refractivity contribution in [2.75, 3.05) is 16.4 Å². The van der Waals surface area contributed by atoms with Crippen LogP contribution in [0.5, 0.6) is 0 Å². The Hall–Kier alpha value is -4.02. The second-order valence-corrected chi connectivity index (χ2v) is 8.89. The average molecular weight is 448 g/mol. The maximum Gasteiger partial charge on any atom is 0.326 e. The second kappa shape index (κ2) is 6.99. The van der Waals surface area contributed by atoms with Gasteiger partial charge in [0.25, 0.3) is 0 Å². The average Bonchev–Trinajstić information content (AvgIpc) is 3.68. The van der Waals surface area contributed by atoms with E-state index in [1.165, 1.54) is 18.5 Å². The van der Waals surface area contributed by atoms with Gasteiger partial charge >= 0.3 is 6.03 Å². The molecule has 2 aliphatic rings. The first-order valence-corrected chi connectivity index (χ1v) is 10.8. The van der Waals surface area contributed by atoms with E-state index < -0.39 is 11.8 Å². The van der Waals surface area contributed by atoms with Gasteiger partial charge in [-0.25, -0.2) is 23.8 Å². The van der Waals surface area contributed by atoms with E-state index in [1.54, 1.807) is 12.1 Å². The highest BCUT2D eigenvalue weighted by atomic mass is 19.1. The minimum atomic E-state index is -0.633. The van der Waals surface area contributed by atoms with Crippen LogP contribution in [0.15, 0.2) is 35.1 Å². The van der Waals surface area contributed by atoms with Crippen LogP contribution >= 0.6 is 0 Å². The van der Waals surface area contributed by atoms with Gasteiger partial charge in [0.1, 0.15) is 23.7 Å². The summed E-state index contributed by atoms with van der Waals surface area (Å²) in [6.45, 7) is 2.09. The Balaban J connectivity index is 1.24. The Morgan fingerprint density at radius 2 is 2.06 bits per heavy atom. The molecule has 3 aromatic heterocycles. The maximum absolute atomic E-state index is 14.9. The summed E-state index contributed by atoms with van der Waals surface area (Å²) in [4.78, 5) is 20.7. The molecule has 0 spiro atoms. The first kappa shape index (κ1) is 19.6. The molecule has 2 aliphatic carbocycles. The molecule has 33 heavy (non-hydrogen) atoms. The fraction of sp³-hybridized carbons (Fsp3) is 0.318. The number of aromatic nitrogens is 5. The lowest BCUT2D eigenvalue weighted by molar-refractivity contribution is 0.261. The summed E-state index contributed by atoms with van der Waals surface area (Å²) in [7, 11) is 0. The lowest BCUT2D eigenvalue weighted by atomic mass is 10.1. The van der Waals surface area contributed by atoms with Crippen LogP contribution in [-0.2, 0) is 5.41 Å². The zero-order valence-corrected chi connectivity index (χ0v) is 17.8. The minimum absolute atomic E-state index is 0.0142. The number of fused-ring (bicyclic) bond motifs is 1. The van der Waals surface area contributed by atoms with E-state index in [0.29, 0.717) is 22.3 Å². The number of rotatable bonds is 5. The third-order valence-electron chi connectivity index (χ3n) is 6.27. The molecule has 1 aromatic carbocycles. The van der Waals surface area contributed by atoms with Gasteiger partial charge in [-0.15, -0.1) is 0 Å². The van der Waals surface area contributed by atoms with Crippen LogP contribution in [0.2, 0.25) is 0 Å². The number of hydrogen-bond donors (Lipinski definition) is 3. The molecule has 2 amide bonds. The number of carbonyl (C=O) groups is 1. The van der Waals surface area contributed by atoms with Crippen molar-refractivity contribution in [1.29, 1.82) is 0 Å². The molecule has 4 aromatic rings. The number of nitrogens with zero attached hydrogens (tertiary/aromatic N) is 5. The van der Waals surface area contributed by atoms with Crippen LogP contribution in [0, 0.1) is 5.82 Å². The number of halogens is 1. The van der Waals surface area contributed by atoms with E-state index in [4.69, 9.17) is 10.3 Å². The van der Waals surface area contributed by atoms with Gasteiger partial charge in [0.2, 0.25) is 5.88 Å².